The van der Waals surface area contributed by atoms with Crippen molar-refractivity contribution in [3.63, 3.8) is 0 Å². The molecule has 0 aliphatic heterocycles. The van der Waals surface area contributed by atoms with Gasteiger partial charge >= 0.3 is 6.18 Å². The van der Waals surface area contributed by atoms with Crippen molar-refractivity contribution >= 4 is 18.5 Å². The van der Waals surface area contributed by atoms with Crippen molar-refractivity contribution in [2.45, 2.75) is 23.9 Å². The van der Waals surface area contributed by atoms with Gasteiger partial charge in [-0.25, -0.2) is 0 Å². The summed E-state index contributed by atoms with van der Waals surface area (Å²) in [4.78, 5) is 12.2. The van der Waals surface area contributed by atoms with E-state index in [-0.39, 0.29) is 18.9 Å². The summed E-state index contributed by atoms with van der Waals surface area (Å²) in [6.07, 6.45) is -5.17. The number of thiol groups is 1. The first-order valence-electron chi connectivity index (χ1n) is 5.02. The van der Waals surface area contributed by atoms with Crippen molar-refractivity contribution in [2.75, 3.05) is 6.54 Å². The van der Waals surface area contributed by atoms with Gasteiger partial charge in [0.1, 0.15) is 0 Å². The Kier molecular flexibility index (Phi) is 4.86. The Morgan fingerprint density at radius 1 is 1.24 bits per heavy atom. The summed E-state index contributed by atoms with van der Waals surface area (Å²) in [7, 11) is 0. The summed E-state index contributed by atoms with van der Waals surface area (Å²) in [6, 6.07) is 6.43. The van der Waals surface area contributed by atoms with Crippen LogP contribution in [0, 0.1) is 0 Å². The molecule has 0 saturated heterocycles. The van der Waals surface area contributed by atoms with Crippen LogP contribution < -0.4 is 5.32 Å². The van der Waals surface area contributed by atoms with Gasteiger partial charge in [0.2, 0.25) is 0 Å². The monoisotopic (exact) mass is 263 g/mol. The molecule has 94 valence electrons. The number of alkyl halides is 3. The van der Waals surface area contributed by atoms with E-state index < -0.39 is 12.6 Å². The summed E-state index contributed by atoms with van der Waals surface area (Å²) >= 11 is 4.06. The third kappa shape index (κ3) is 5.63. The van der Waals surface area contributed by atoms with Crippen LogP contribution >= 0.6 is 12.6 Å². The second kappa shape index (κ2) is 5.95. The molecule has 1 aromatic carbocycles. The van der Waals surface area contributed by atoms with Crippen LogP contribution in [-0.4, -0.2) is 18.6 Å². The number of benzene rings is 1. The molecule has 0 unspecified atom stereocenters. The highest BCUT2D eigenvalue weighted by Crippen LogP contribution is 2.20. The van der Waals surface area contributed by atoms with Gasteiger partial charge < -0.3 is 5.32 Å². The molecule has 0 aliphatic rings. The molecule has 0 spiro atoms. The van der Waals surface area contributed by atoms with Gasteiger partial charge in [0, 0.05) is 23.4 Å². The van der Waals surface area contributed by atoms with Gasteiger partial charge in [-0.15, -0.1) is 12.6 Å². The van der Waals surface area contributed by atoms with E-state index in [0.29, 0.717) is 5.56 Å². The second-order valence-corrected chi connectivity index (χ2v) is 4.04. The molecule has 17 heavy (non-hydrogen) atoms. The smallest absolute Gasteiger partial charge is 0.352 e. The minimum atomic E-state index is -4.17. The fraction of sp³-hybridized carbons (Fsp3) is 0.364. The molecule has 1 rings (SSSR count). The van der Waals surface area contributed by atoms with Crippen LogP contribution in [0.2, 0.25) is 0 Å². The van der Waals surface area contributed by atoms with E-state index in [1.165, 1.54) is 0 Å². The number of carbonyl (C=O) groups is 1. The van der Waals surface area contributed by atoms with E-state index in [1.807, 2.05) is 0 Å². The molecule has 1 aromatic rings. The molecule has 6 heteroatoms. The molecule has 0 saturated carbocycles. The first-order valence-corrected chi connectivity index (χ1v) is 5.47. The van der Waals surface area contributed by atoms with Gasteiger partial charge in [-0.2, -0.15) is 13.2 Å². The molecular formula is C11H12F3NOS. The first kappa shape index (κ1) is 13.9. The van der Waals surface area contributed by atoms with E-state index in [2.05, 4.69) is 17.9 Å². The minimum absolute atomic E-state index is 0.0149. The quantitative estimate of drug-likeness (QED) is 0.634. The highest BCUT2D eigenvalue weighted by atomic mass is 32.1. The Morgan fingerprint density at radius 2 is 1.82 bits per heavy atom. The topological polar surface area (TPSA) is 29.1 Å². The largest absolute Gasteiger partial charge is 0.389 e. The maximum absolute atomic E-state index is 11.8. The molecule has 0 radical (unpaired) electrons. The minimum Gasteiger partial charge on any atom is -0.352 e. The van der Waals surface area contributed by atoms with Crippen molar-refractivity contribution in [3.8, 4) is 0 Å². The maximum atomic E-state index is 11.8. The number of rotatable bonds is 4. The molecule has 0 aromatic heterocycles. The Balaban J connectivity index is 2.33. The molecule has 0 atom stereocenters. The molecule has 0 bridgehead atoms. The lowest BCUT2D eigenvalue weighted by Crippen LogP contribution is -2.25. The zero-order valence-electron chi connectivity index (χ0n) is 8.92. The lowest BCUT2D eigenvalue weighted by Gasteiger charge is -2.07. The van der Waals surface area contributed by atoms with Crippen LogP contribution in [0.25, 0.3) is 0 Å². The van der Waals surface area contributed by atoms with E-state index in [9.17, 15) is 18.0 Å². The predicted octanol–water partition coefficient (Wildman–Crippen LogP) is 3.05. The Bertz CT molecular complexity index is 375. The van der Waals surface area contributed by atoms with Crippen LogP contribution in [0.4, 0.5) is 13.2 Å². The predicted molar refractivity (Wildman–Crippen MR) is 61.3 cm³/mol. The van der Waals surface area contributed by atoms with Crippen LogP contribution in [0.5, 0.6) is 0 Å². The number of nitrogens with one attached hydrogen (secondary N) is 1. The van der Waals surface area contributed by atoms with Gasteiger partial charge in [-0.3, -0.25) is 4.79 Å². The summed E-state index contributed by atoms with van der Waals surface area (Å²) in [5.41, 5.74) is 0.412. The van der Waals surface area contributed by atoms with Crippen molar-refractivity contribution in [1.29, 1.82) is 0 Å². The summed E-state index contributed by atoms with van der Waals surface area (Å²) in [6.45, 7) is 0.0149. The lowest BCUT2D eigenvalue weighted by atomic mass is 10.2. The molecule has 0 aliphatic carbocycles. The lowest BCUT2D eigenvalue weighted by molar-refractivity contribution is -0.135. The van der Waals surface area contributed by atoms with E-state index in [4.69, 9.17) is 0 Å². The van der Waals surface area contributed by atoms with Crippen LogP contribution in [0.15, 0.2) is 29.2 Å². The van der Waals surface area contributed by atoms with Gasteiger partial charge in [0.15, 0.2) is 0 Å². The third-order valence-electron chi connectivity index (χ3n) is 2.05. The Morgan fingerprint density at radius 3 is 2.35 bits per heavy atom. The van der Waals surface area contributed by atoms with Crippen molar-refractivity contribution in [1.82, 2.24) is 5.32 Å². The van der Waals surface area contributed by atoms with E-state index in [0.717, 1.165) is 4.90 Å². The number of hydrogen-bond acceptors (Lipinski definition) is 2. The molecule has 1 amide bonds. The van der Waals surface area contributed by atoms with Crippen molar-refractivity contribution in [3.05, 3.63) is 29.8 Å². The third-order valence-corrected chi connectivity index (χ3v) is 2.35. The van der Waals surface area contributed by atoms with E-state index >= 15 is 0 Å². The van der Waals surface area contributed by atoms with Crippen LogP contribution in [-0.2, 0) is 0 Å². The zero-order valence-corrected chi connectivity index (χ0v) is 9.81. The first-order chi connectivity index (χ1) is 7.88. The number of hydrogen-bond donors (Lipinski definition) is 2. The molecule has 0 heterocycles. The van der Waals surface area contributed by atoms with E-state index in [1.54, 1.807) is 24.3 Å². The molecule has 2 nitrogen and oxygen atoms in total. The van der Waals surface area contributed by atoms with Gasteiger partial charge in [-0.05, 0) is 30.7 Å². The van der Waals surface area contributed by atoms with Gasteiger partial charge in [-0.1, -0.05) is 0 Å². The number of amides is 1. The fourth-order valence-corrected chi connectivity index (χ4v) is 1.35. The van der Waals surface area contributed by atoms with Crippen LogP contribution in [0.1, 0.15) is 23.2 Å². The number of carbonyl (C=O) groups excluding carboxylic acids is 1. The average Bonchev–Trinajstić information content (AvgIpc) is 2.24. The van der Waals surface area contributed by atoms with Gasteiger partial charge in [0.25, 0.3) is 5.91 Å². The maximum Gasteiger partial charge on any atom is 0.389 e. The normalized spacial score (nSPS) is 11.3. The fourth-order valence-electron chi connectivity index (χ4n) is 1.21. The summed E-state index contributed by atoms with van der Waals surface area (Å²) in [5, 5.41) is 2.43. The molecule has 1 N–H and O–H groups in total. The number of halogens is 3. The Labute approximate surface area is 103 Å². The van der Waals surface area contributed by atoms with Crippen molar-refractivity contribution < 1.29 is 18.0 Å². The second-order valence-electron chi connectivity index (χ2n) is 3.52. The molecule has 0 fully saturated rings. The molecular weight excluding hydrogens is 251 g/mol. The SMILES string of the molecule is O=C(NCCCC(F)(F)F)c1ccc(S)cc1. The highest BCUT2D eigenvalue weighted by molar-refractivity contribution is 7.80. The Hall–Kier alpha value is -1.17. The highest BCUT2D eigenvalue weighted by Gasteiger charge is 2.25. The summed E-state index contributed by atoms with van der Waals surface area (Å²) in [5.74, 6) is -0.375. The zero-order chi connectivity index (χ0) is 12.9. The standard InChI is InChI=1S/C11H12F3NOS/c12-11(13,14)6-1-7-15-10(16)8-2-4-9(17)5-3-8/h2-5,17H,1,6-7H2,(H,15,16). The van der Waals surface area contributed by atoms with Gasteiger partial charge in [0.05, 0.1) is 0 Å². The average molecular weight is 263 g/mol. The van der Waals surface area contributed by atoms with Crippen LogP contribution in [0.3, 0.4) is 0 Å². The van der Waals surface area contributed by atoms with Crippen molar-refractivity contribution in [2.24, 2.45) is 0 Å². The summed E-state index contributed by atoms with van der Waals surface area (Å²) < 4.78 is 35.5.